The van der Waals surface area contributed by atoms with E-state index >= 15 is 0 Å². The number of carbonyl (C=O) groups excluding carboxylic acids is 2. The van der Waals surface area contributed by atoms with Gasteiger partial charge in [0.1, 0.15) is 5.76 Å². The van der Waals surface area contributed by atoms with Crippen molar-refractivity contribution in [3.05, 3.63) is 52.9 Å². The molecule has 0 fully saturated rings. The van der Waals surface area contributed by atoms with E-state index in [0.29, 0.717) is 16.5 Å². The van der Waals surface area contributed by atoms with Gasteiger partial charge in [-0.3, -0.25) is 9.59 Å². The van der Waals surface area contributed by atoms with Gasteiger partial charge in [-0.1, -0.05) is 11.6 Å². The molecule has 1 heterocycles. The third-order valence-electron chi connectivity index (χ3n) is 2.54. The van der Waals surface area contributed by atoms with Crippen LogP contribution in [-0.2, 0) is 9.59 Å². The van der Waals surface area contributed by atoms with Gasteiger partial charge in [0.15, 0.2) is 0 Å². The summed E-state index contributed by atoms with van der Waals surface area (Å²) in [4.78, 5) is 23.2. The van der Waals surface area contributed by atoms with Gasteiger partial charge in [-0.2, -0.15) is 5.10 Å². The van der Waals surface area contributed by atoms with E-state index in [1.807, 2.05) is 0 Å². The number of hydrogen-bond donors (Lipinski definition) is 2. The number of hydrazone groups is 1. The van der Waals surface area contributed by atoms with Crippen molar-refractivity contribution in [3.8, 4) is 0 Å². The van der Waals surface area contributed by atoms with E-state index in [0.717, 1.165) is 5.56 Å². The number of hydrogen-bond acceptors (Lipinski definition) is 4. The third kappa shape index (κ3) is 4.19. The Kier molecular flexibility index (Phi) is 4.73. The molecule has 2 rings (SSSR count). The summed E-state index contributed by atoms with van der Waals surface area (Å²) in [7, 11) is 0. The van der Waals surface area contributed by atoms with Crippen molar-refractivity contribution in [3.63, 3.8) is 0 Å². The number of nitrogens with zero attached hydrogens (tertiary/aromatic N) is 1. The van der Waals surface area contributed by atoms with Gasteiger partial charge in [-0.25, -0.2) is 5.43 Å². The Morgan fingerprint density at radius 3 is 2.76 bits per heavy atom. The molecule has 108 valence electrons. The second kappa shape index (κ2) is 6.71. The van der Waals surface area contributed by atoms with Crippen LogP contribution >= 0.6 is 11.6 Å². The molecule has 0 saturated carbocycles. The fourth-order valence-corrected chi connectivity index (χ4v) is 1.74. The highest BCUT2D eigenvalue weighted by atomic mass is 35.5. The van der Waals surface area contributed by atoms with Gasteiger partial charge in [0, 0.05) is 10.7 Å². The van der Waals surface area contributed by atoms with Gasteiger partial charge in [0.2, 0.25) is 0 Å². The van der Waals surface area contributed by atoms with E-state index in [9.17, 15) is 9.59 Å². The normalized spacial score (nSPS) is 10.6. The van der Waals surface area contributed by atoms with Gasteiger partial charge in [-0.05, 0) is 42.8 Å². The Bertz CT molecular complexity index is 681. The lowest BCUT2D eigenvalue weighted by molar-refractivity contribution is -0.136. The number of aryl methyl sites for hydroxylation is 1. The van der Waals surface area contributed by atoms with Crippen LogP contribution in [0.25, 0.3) is 0 Å². The van der Waals surface area contributed by atoms with Crippen LogP contribution in [-0.4, -0.2) is 18.0 Å². The molecule has 2 N–H and O–H groups in total. The maximum Gasteiger partial charge on any atom is 0.329 e. The van der Waals surface area contributed by atoms with E-state index in [-0.39, 0.29) is 0 Å². The first-order valence-corrected chi connectivity index (χ1v) is 6.38. The molecule has 6 nitrogen and oxygen atoms in total. The number of furan rings is 1. The average molecular weight is 306 g/mol. The van der Waals surface area contributed by atoms with Crippen LogP contribution in [0.15, 0.2) is 46.1 Å². The first-order valence-electron chi connectivity index (χ1n) is 6.00. The van der Waals surface area contributed by atoms with Gasteiger partial charge in [0.05, 0.1) is 12.5 Å². The summed E-state index contributed by atoms with van der Waals surface area (Å²) < 4.78 is 4.98. The van der Waals surface area contributed by atoms with Gasteiger partial charge >= 0.3 is 11.8 Å². The minimum Gasteiger partial charge on any atom is -0.463 e. The number of benzene rings is 1. The van der Waals surface area contributed by atoms with E-state index in [1.165, 1.54) is 12.5 Å². The highest BCUT2D eigenvalue weighted by molar-refractivity contribution is 6.39. The Hall–Kier alpha value is -2.60. The SMILES string of the molecule is Cc1cc(Cl)ccc1NC(=O)C(=O)N/N=C/c1ccco1. The topological polar surface area (TPSA) is 83.7 Å². The van der Waals surface area contributed by atoms with E-state index in [2.05, 4.69) is 15.8 Å². The van der Waals surface area contributed by atoms with Gasteiger partial charge in [0.25, 0.3) is 0 Å². The number of halogens is 1. The Morgan fingerprint density at radius 2 is 2.10 bits per heavy atom. The lowest BCUT2D eigenvalue weighted by atomic mass is 10.2. The van der Waals surface area contributed by atoms with Crippen molar-refractivity contribution in [2.45, 2.75) is 6.92 Å². The molecular formula is C14H12ClN3O3. The fourth-order valence-electron chi connectivity index (χ4n) is 1.52. The molecule has 2 amide bonds. The van der Waals surface area contributed by atoms with E-state index < -0.39 is 11.8 Å². The molecule has 0 saturated heterocycles. The number of nitrogens with one attached hydrogen (secondary N) is 2. The number of carbonyl (C=O) groups is 2. The second-order valence-electron chi connectivity index (χ2n) is 4.13. The summed E-state index contributed by atoms with van der Waals surface area (Å²) in [6, 6.07) is 8.27. The molecule has 0 bridgehead atoms. The zero-order chi connectivity index (χ0) is 15.2. The summed E-state index contributed by atoms with van der Waals surface area (Å²) in [5, 5.41) is 6.64. The summed E-state index contributed by atoms with van der Waals surface area (Å²) in [5.41, 5.74) is 3.37. The molecule has 0 aliphatic carbocycles. The molecule has 1 aromatic heterocycles. The van der Waals surface area contributed by atoms with Crippen LogP contribution in [0.1, 0.15) is 11.3 Å². The molecule has 0 radical (unpaired) electrons. The summed E-state index contributed by atoms with van der Waals surface area (Å²) in [5.74, 6) is -1.24. The van der Waals surface area contributed by atoms with Crippen molar-refractivity contribution < 1.29 is 14.0 Å². The average Bonchev–Trinajstić information content (AvgIpc) is 2.95. The Labute approximate surface area is 125 Å². The molecule has 0 unspecified atom stereocenters. The lowest BCUT2D eigenvalue weighted by Crippen LogP contribution is -2.32. The first kappa shape index (κ1) is 14.8. The minimum absolute atomic E-state index is 0.462. The van der Waals surface area contributed by atoms with E-state index in [1.54, 1.807) is 37.3 Å². The molecule has 0 spiro atoms. The highest BCUT2D eigenvalue weighted by Crippen LogP contribution is 2.19. The Morgan fingerprint density at radius 1 is 1.29 bits per heavy atom. The molecule has 1 aromatic carbocycles. The quantitative estimate of drug-likeness (QED) is 0.518. The number of anilines is 1. The maximum atomic E-state index is 11.7. The van der Waals surface area contributed by atoms with Crippen LogP contribution in [0.5, 0.6) is 0 Å². The zero-order valence-corrected chi connectivity index (χ0v) is 11.8. The molecular weight excluding hydrogens is 294 g/mol. The van der Waals surface area contributed by atoms with Crippen molar-refractivity contribution in [1.29, 1.82) is 0 Å². The van der Waals surface area contributed by atoms with E-state index in [4.69, 9.17) is 16.0 Å². The van der Waals surface area contributed by atoms with Crippen LogP contribution in [0, 0.1) is 6.92 Å². The van der Waals surface area contributed by atoms with Crippen LogP contribution < -0.4 is 10.7 Å². The third-order valence-corrected chi connectivity index (χ3v) is 2.78. The summed E-state index contributed by atoms with van der Waals surface area (Å²) in [6.45, 7) is 1.77. The molecule has 0 atom stereocenters. The predicted molar refractivity (Wildman–Crippen MR) is 79.3 cm³/mol. The molecule has 7 heteroatoms. The molecule has 2 aromatic rings. The van der Waals surface area contributed by atoms with Crippen LogP contribution in [0.4, 0.5) is 5.69 Å². The second-order valence-corrected chi connectivity index (χ2v) is 4.56. The van der Waals surface area contributed by atoms with Gasteiger partial charge < -0.3 is 9.73 Å². The number of amides is 2. The smallest absolute Gasteiger partial charge is 0.329 e. The zero-order valence-electron chi connectivity index (χ0n) is 11.1. The van der Waals surface area contributed by atoms with Crippen molar-refractivity contribution in [1.82, 2.24) is 5.43 Å². The fraction of sp³-hybridized carbons (Fsp3) is 0.0714. The largest absolute Gasteiger partial charge is 0.463 e. The lowest BCUT2D eigenvalue weighted by Gasteiger charge is -2.07. The standard InChI is InChI=1S/C14H12ClN3O3/c1-9-7-10(15)4-5-12(9)17-13(19)14(20)18-16-8-11-3-2-6-21-11/h2-8H,1H3,(H,17,19)(H,18,20)/b16-8+. The molecule has 0 aliphatic rings. The van der Waals surface area contributed by atoms with Gasteiger partial charge in [-0.15, -0.1) is 0 Å². The summed E-state index contributed by atoms with van der Waals surface area (Å²) >= 11 is 5.81. The highest BCUT2D eigenvalue weighted by Gasteiger charge is 2.13. The first-order chi connectivity index (χ1) is 10.1. The predicted octanol–water partition coefficient (Wildman–Crippen LogP) is 2.33. The molecule has 0 aliphatic heterocycles. The number of rotatable bonds is 3. The maximum absolute atomic E-state index is 11.7. The Balaban J connectivity index is 1.92. The molecule has 21 heavy (non-hydrogen) atoms. The van der Waals surface area contributed by atoms with Crippen LogP contribution in [0.3, 0.4) is 0 Å². The minimum atomic E-state index is -0.882. The van der Waals surface area contributed by atoms with Crippen molar-refractivity contribution in [2.24, 2.45) is 5.10 Å². The van der Waals surface area contributed by atoms with Crippen molar-refractivity contribution >= 4 is 35.3 Å². The van der Waals surface area contributed by atoms with Crippen LogP contribution in [0.2, 0.25) is 5.02 Å². The summed E-state index contributed by atoms with van der Waals surface area (Å²) in [6.07, 6.45) is 2.76. The van der Waals surface area contributed by atoms with Crippen molar-refractivity contribution in [2.75, 3.05) is 5.32 Å². The monoisotopic (exact) mass is 305 g/mol.